The van der Waals surface area contributed by atoms with E-state index in [9.17, 15) is 4.79 Å². The molecule has 0 unspecified atom stereocenters. The Hall–Kier alpha value is -2.27. The lowest BCUT2D eigenvalue weighted by Gasteiger charge is -2.06. The summed E-state index contributed by atoms with van der Waals surface area (Å²) in [6.45, 7) is 0.460. The highest BCUT2D eigenvalue weighted by atomic mass is 79.9. The van der Waals surface area contributed by atoms with Gasteiger partial charge < -0.3 is 5.32 Å². The standard InChI is InChI=1S/C16H12BrN3O/c17-13-4-2-12(3-5-13)16(21)20-10-11-1-6-14-15(9-11)19-8-7-18-14/h1-9H,10H2,(H,20,21). The van der Waals surface area contributed by atoms with Crippen LogP contribution in [0.4, 0.5) is 0 Å². The van der Waals surface area contributed by atoms with Gasteiger partial charge in [0.05, 0.1) is 11.0 Å². The van der Waals surface area contributed by atoms with Crippen molar-refractivity contribution in [3.8, 4) is 0 Å². The van der Waals surface area contributed by atoms with Gasteiger partial charge in [0.15, 0.2) is 0 Å². The van der Waals surface area contributed by atoms with Crippen LogP contribution in [0.2, 0.25) is 0 Å². The molecule has 0 aliphatic heterocycles. The third-order valence-corrected chi connectivity index (χ3v) is 3.62. The van der Waals surface area contributed by atoms with E-state index in [1.807, 2.05) is 30.3 Å². The van der Waals surface area contributed by atoms with Gasteiger partial charge in [-0.05, 0) is 42.0 Å². The van der Waals surface area contributed by atoms with Crippen LogP contribution in [0.25, 0.3) is 11.0 Å². The largest absolute Gasteiger partial charge is 0.348 e. The quantitative estimate of drug-likeness (QED) is 0.794. The summed E-state index contributed by atoms with van der Waals surface area (Å²) < 4.78 is 0.951. The highest BCUT2D eigenvalue weighted by Gasteiger charge is 2.05. The number of carbonyl (C=O) groups is 1. The Morgan fingerprint density at radius 2 is 1.71 bits per heavy atom. The number of fused-ring (bicyclic) bond motifs is 1. The minimum absolute atomic E-state index is 0.0956. The molecule has 5 heteroatoms. The van der Waals surface area contributed by atoms with Crippen LogP contribution < -0.4 is 5.32 Å². The summed E-state index contributed by atoms with van der Waals surface area (Å²) in [7, 11) is 0. The zero-order valence-electron chi connectivity index (χ0n) is 11.1. The average Bonchev–Trinajstić information content (AvgIpc) is 2.53. The second-order valence-corrected chi connectivity index (χ2v) is 5.48. The van der Waals surface area contributed by atoms with Crippen LogP contribution in [0, 0.1) is 0 Å². The smallest absolute Gasteiger partial charge is 0.251 e. The fourth-order valence-corrected chi connectivity index (χ4v) is 2.27. The molecule has 0 aliphatic carbocycles. The Balaban J connectivity index is 1.71. The van der Waals surface area contributed by atoms with E-state index in [1.54, 1.807) is 24.5 Å². The minimum Gasteiger partial charge on any atom is -0.348 e. The van der Waals surface area contributed by atoms with Gasteiger partial charge in [-0.15, -0.1) is 0 Å². The zero-order chi connectivity index (χ0) is 14.7. The molecule has 0 atom stereocenters. The van der Waals surface area contributed by atoms with Crippen LogP contribution >= 0.6 is 15.9 Å². The van der Waals surface area contributed by atoms with Gasteiger partial charge in [0.1, 0.15) is 0 Å². The first-order valence-corrected chi connectivity index (χ1v) is 7.25. The van der Waals surface area contributed by atoms with Crippen molar-refractivity contribution in [2.75, 3.05) is 0 Å². The normalized spacial score (nSPS) is 10.5. The number of aromatic nitrogens is 2. The number of benzene rings is 2. The average molecular weight is 342 g/mol. The molecule has 1 amide bonds. The molecule has 21 heavy (non-hydrogen) atoms. The van der Waals surface area contributed by atoms with E-state index in [4.69, 9.17) is 0 Å². The van der Waals surface area contributed by atoms with Crippen molar-refractivity contribution in [2.45, 2.75) is 6.54 Å². The number of nitrogens with one attached hydrogen (secondary N) is 1. The molecule has 3 aromatic rings. The Morgan fingerprint density at radius 1 is 1.00 bits per heavy atom. The van der Waals surface area contributed by atoms with E-state index in [0.29, 0.717) is 12.1 Å². The minimum atomic E-state index is -0.0956. The second kappa shape index (κ2) is 6.01. The van der Waals surface area contributed by atoms with E-state index < -0.39 is 0 Å². The first-order chi connectivity index (χ1) is 10.2. The second-order valence-electron chi connectivity index (χ2n) is 4.57. The monoisotopic (exact) mass is 341 g/mol. The van der Waals surface area contributed by atoms with E-state index in [-0.39, 0.29) is 5.91 Å². The van der Waals surface area contributed by atoms with Gasteiger partial charge in [-0.1, -0.05) is 22.0 Å². The molecule has 0 fully saturated rings. The molecule has 0 saturated carbocycles. The summed E-state index contributed by atoms with van der Waals surface area (Å²) in [4.78, 5) is 20.5. The van der Waals surface area contributed by atoms with Gasteiger partial charge >= 0.3 is 0 Å². The molecule has 0 aliphatic rings. The molecule has 0 saturated heterocycles. The fraction of sp³-hybridized carbons (Fsp3) is 0.0625. The molecule has 0 spiro atoms. The summed E-state index contributed by atoms with van der Waals surface area (Å²) in [6, 6.07) is 13.0. The van der Waals surface area contributed by atoms with E-state index in [0.717, 1.165) is 21.1 Å². The topological polar surface area (TPSA) is 54.9 Å². The van der Waals surface area contributed by atoms with Crippen molar-refractivity contribution in [1.82, 2.24) is 15.3 Å². The highest BCUT2D eigenvalue weighted by molar-refractivity contribution is 9.10. The first kappa shape index (κ1) is 13.7. The van der Waals surface area contributed by atoms with Crippen molar-refractivity contribution in [3.63, 3.8) is 0 Å². The number of hydrogen-bond donors (Lipinski definition) is 1. The number of carbonyl (C=O) groups excluding carboxylic acids is 1. The Bertz CT molecular complexity index is 787. The molecule has 1 aromatic heterocycles. The molecule has 3 rings (SSSR count). The lowest BCUT2D eigenvalue weighted by molar-refractivity contribution is 0.0951. The van der Waals surface area contributed by atoms with E-state index in [2.05, 4.69) is 31.2 Å². The molecule has 2 aromatic carbocycles. The van der Waals surface area contributed by atoms with Gasteiger partial charge in [0.2, 0.25) is 0 Å². The maximum atomic E-state index is 12.0. The summed E-state index contributed by atoms with van der Waals surface area (Å²) in [5.41, 5.74) is 3.31. The van der Waals surface area contributed by atoms with Crippen LogP contribution in [0.15, 0.2) is 59.3 Å². The van der Waals surface area contributed by atoms with Gasteiger partial charge in [-0.25, -0.2) is 0 Å². The third-order valence-electron chi connectivity index (χ3n) is 3.09. The van der Waals surface area contributed by atoms with Crippen LogP contribution in [0.3, 0.4) is 0 Å². The van der Waals surface area contributed by atoms with E-state index >= 15 is 0 Å². The maximum Gasteiger partial charge on any atom is 0.251 e. The van der Waals surface area contributed by atoms with Gasteiger partial charge in [-0.3, -0.25) is 14.8 Å². The molecular weight excluding hydrogens is 330 g/mol. The number of nitrogens with zero attached hydrogens (tertiary/aromatic N) is 2. The zero-order valence-corrected chi connectivity index (χ0v) is 12.7. The first-order valence-electron chi connectivity index (χ1n) is 6.46. The van der Waals surface area contributed by atoms with Crippen molar-refractivity contribution < 1.29 is 4.79 Å². The maximum absolute atomic E-state index is 12.0. The van der Waals surface area contributed by atoms with Gasteiger partial charge in [0, 0.05) is 29.0 Å². The molecule has 1 heterocycles. The van der Waals surface area contributed by atoms with Crippen molar-refractivity contribution >= 4 is 32.9 Å². The van der Waals surface area contributed by atoms with Crippen molar-refractivity contribution in [3.05, 3.63) is 70.5 Å². The van der Waals surface area contributed by atoms with E-state index in [1.165, 1.54) is 0 Å². The Kier molecular flexibility index (Phi) is 3.92. The lowest BCUT2D eigenvalue weighted by atomic mass is 10.1. The number of halogens is 1. The number of rotatable bonds is 3. The van der Waals surface area contributed by atoms with Crippen LogP contribution in [0.5, 0.6) is 0 Å². The SMILES string of the molecule is O=C(NCc1ccc2nccnc2c1)c1ccc(Br)cc1. The van der Waals surface area contributed by atoms with Crippen molar-refractivity contribution in [2.24, 2.45) is 0 Å². The molecule has 0 radical (unpaired) electrons. The summed E-state index contributed by atoms with van der Waals surface area (Å²) >= 11 is 3.35. The number of amides is 1. The predicted octanol–water partition coefficient (Wildman–Crippen LogP) is 3.32. The van der Waals surface area contributed by atoms with Crippen LogP contribution in [0.1, 0.15) is 15.9 Å². The highest BCUT2D eigenvalue weighted by Crippen LogP contribution is 2.12. The van der Waals surface area contributed by atoms with Crippen LogP contribution in [-0.4, -0.2) is 15.9 Å². The number of hydrogen-bond acceptors (Lipinski definition) is 3. The fourth-order valence-electron chi connectivity index (χ4n) is 2.00. The summed E-state index contributed by atoms with van der Waals surface area (Å²) in [5.74, 6) is -0.0956. The molecule has 104 valence electrons. The van der Waals surface area contributed by atoms with Gasteiger partial charge in [-0.2, -0.15) is 0 Å². The Morgan fingerprint density at radius 3 is 2.48 bits per heavy atom. The summed E-state index contributed by atoms with van der Waals surface area (Å²) in [6.07, 6.45) is 3.32. The third kappa shape index (κ3) is 3.25. The molecular formula is C16H12BrN3O. The lowest BCUT2D eigenvalue weighted by Crippen LogP contribution is -2.22. The van der Waals surface area contributed by atoms with Crippen molar-refractivity contribution in [1.29, 1.82) is 0 Å². The van der Waals surface area contributed by atoms with Gasteiger partial charge in [0.25, 0.3) is 5.91 Å². The molecule has 0 bridgehead atoms. The summed E-state index contributed by atoms with van der Waals surface area (Å²) in [5, 5.41) is 2.90. The molecule has 1 N–H and O–H groups in total. The van der Waals surface area contributed by atoms with Crippen LogP contribution in [-0.2, 0) is 6.54 Å². The molecule has 4 nitrogen and oxygen atoms in total. The predicted molar refractivity (Wildman–Crippen MR) is 84.9 cm³/mol. The Labute approximate surface area is 130 Å².